The maximum atomic E-state index is 4.40. The number of nitrogens with zero attached hydrogens (tertiary/aromatic N) is 4. The Balaban J connectivity index is 1.82. The van der Waals surface area contributed by atoms with Crippen LogP contribution in [0.25, 0.3) is 5.69 Å². The molecule has 1 heterocycles. The second-order valence-corrected chi connectivity index (χ2v) is 7.93. The Kier molecular flexibility index (Phi) is 5.38. The monoisotopic (exact) mass is 481 g/mol. The number of aryl methyl sites for hydroxylation is 2. The maximum absolute atomic E-state index is 4.40. The van der Waals surface area contributed by atoms with Crippen LogP contribution in [0.4, 0.5) is 5.69 Å². The number of hydrogen-bond acceptors (Lipinski definition) is 4. The lowest BCUT2D eigenvalue weighted by Crippen LogP contribution is -2.19. The molecule has 3 aromatic carbocycles. The van der Waals surface area contributed by atoms with E-state index in [0.717, 1.165) is 33.9 Å². The number of aromatic nitrogens is 4. The smallest absolute Gasteiger partial charge is 0.183 e. The van der Waals surface area contributed by atoms with Crippen molar-refractivity contribution in [2.24, 2.45) is 0 Å². The van der Waals surface area contributed by atoms with Crippen LogP contribution in [-0.4, -0.2) is 20.2 Å². The van der Waals surface area contributed by atoms with Crippen LogP contribution >= 0.6 is 22.6 Å². The molecule has 0 aliphatic carbocycles. The number of halogens is 1. The van der Waals surface area contributed by atoms with Crippen molar-refractivity contribution in [1.82, 2.24) is 20.2 Å². The van der Waals surface area contributed by atoms with E-state index in [-0.39, 0.29) is 6.04 Å². The van der Waals surface area contributed by atoms with E-state index in [1.807, 2.05) is 22.9 Å². The Labute approximate surface area is 177 Å². The van der Waals surface area contributed by atoms with Crippen molar-refractivity contribution < 1.29 is 0 Å². The summed E-state index contributed by atoms with van der Waals surface area (Å²) in [6, 6.07) is 24.6. The molecular formula is C22H20IN5. The van der Waals surface area contributed by atoms with E-state index >= 15 is 0 Å². The standard InChI is InChI=1S/C22H20IN5/c1-15-7-6-8-16(2)21(15)28-22(25-26-27-28)20(17-9-4-3-5-10-17)24-19-13-11-18(23)12-14-19/h3-14,20,24H,1-2H3. The fourth-order valence-electron chi connectivity index (χ4n) is 3.33. The van der Waals surface area contributed by atoms with Gasteiger partial charge in [-0.15, -0.1) is 5.10 Å². The molecule has 5 nitrogen and oxygen atoms in total. The Hall–Kier alpha value is -2.74. The van der Waals surface area contributed by atoms with Gasteiger partial charge in [-0.1, -0.05) is 48.5 Å². The molecule has 0 saturated heterocycles. The minimum Gasteiger partial charge on any atom is -0.371 e. The number of tetrazole rings is 1. The highest BCUT2D eigenvalue weighted by Gasteiger charge is 2.23. The van der Waals surface area contributed by atoms with E-state index in [0.29, 0.717) is 0 Å². The molecule has 0 aliphatic rings. The van der Waals surface area contributed by atoms with E-state index in [1.54, 1.807) is 0 Å². The van der Waals surface area contributed by atoms with Gasteiger partial charge < -0.3 is 5.32 Å². The summed E-state index contributed by atoms with van der Waals surface area (Å²) in [5.41, 5.74) is 5.41. The first-order valence-electron chi connectivity index (χ1n) is 9.05. The van der Waals surface area contributed by atoms with Crippen molar-refractivity contribution in [3.8, 4) is 5.69 Å². The number of para-hydroxylation sites is 1. The van der Waals surface area contributed by atoms with Gasteiger partial charge in [0.2, 0.25) is 0 Å². The second-order valence-electron chi connectivity index (χ2n) is 6.68. The zero-order valence-electron chi connectivity index (χ0n) is 15.7. The largest absolute Gasteiger partial charge is 0.371 e. The molecule has 1 atom stereocenters. The minimum absolute atomic E-state index is 0.185. The summed E-state index contributed by atoms with van der Waals surface area (Å²) < 4.78 is 3.04. The van der Waals surface area contributed by atoms with Gasteiger partial charge >= 0.3 is 0 Å². The molecule has 140 valence electrons. The Morgan fingerprint density at radius 1 is 0.857 bits per heavy atom. The topological polar surface area (TPSA) is 55.6 Å². The lowest BCUT2D eigenvalue weighted by molar-refractivity contribution is 0.731. The Morgan fingerprint density at radius 2 is 1.54 bits per heavy atom. The Bertz CT molecular complexity index is 1050. The van der Waals surface area contributed by atoms with Gasteiger partial charge in [0, 0.05) is 9.26 Å². The number of nitrogens with one attached hydrogen (secondary N) is 1. The van der Waals surface area contributed by atoms with Crippen molar-refractivity contribution in [2.75, 3.05) is 5.32 Å². The van der Waals surface area contributed by atoms with Crippen LogP contribution in [0.5, 0.6) is 0 Å². The van der Waals surface area contributed by atoms with Gasteiger partial charge in [-0.2, -0.15) is 4.68 Å². The van der Waals surface area contributed by atoms with Crippen LogP contribution in [0.2, 0.25) is 0 Å². The summed E-state index contributed by atoms with van der Waals surface area (Å²) in [4.78, 5) is 0. The van der Waals surface area contributed by atoms with Gasteiger partial charge in [-0.25, -0.2) is 0 Å². The highest BCUT2D eigenvalue weighted by atomic mass is 127. The lowest BCUT2D eigenvalue weighted by atomic mass is 10.0. The first kappa shape index (κ1) is 18.6. The van der Waals surface area contributed by atoms with E-state index in [2.05, 4.69) is 112 Å². The summed E-state index contributed by atoms with van der Waals surface area (Å²) in [6.45, 7) is 4.16. The van der Waals surface area contributed by atoms with E-state index in [9.17, 15) is 0 Å². The first-order chi connectivity index (χ1) is 13.6. The predicted molar refractivity (Wildman–Crippen MR) is 120 cm³/mol. The van der Waals surface area contributed by atoms with Crippen molar-refractivity contribution in [2.45, 2.75) is 19.9 Å². The quantitative estimate of drug-likeness (QED) is 0.404. The zero-order valence-corrected chi connectivity index (χ0v) is 17.8. The van der Waals surface area contributed by atoms with Crippen LogP contribution in [0, 0.1) is 17.4 Å². The van der Waals surface area contributed by atoms with Gasteiger partial charge in [-0.3, -0.25) is 0 Å². The summed E-state index contributed by atoms with van der Waals surface area (Å²) in [5, 5.41) is 16.3. The molecule has 0 saturated carbocycles. The van der Waals surface area contributed by atoms with Gasteiger partial charge in [-0.05, 0) is 87.8 Å². The third-order valence-corrected chi connectivity index (χ3v) is 5.41. The third-order valence-electron chi connectivity index (χ3n) is 4.69. The van der Waals surface area contributed by atoms with Gasteiger partial charge in [0.1, 0.15) is 6.04 Å². The SMILES string of the molecule is Cc1cccc(C)c1-n1nnnc1C(Nc1ccc(I)cc1)c1ccccc1. The summed E-state index contributed by atoms with van der Waals surface area (Å²) in [7, 11) is 0. The normalized spacial score (nSPS) is 12.0. The number of rotatable bonds is 5. The molecule has 0 spiro atoms. The molecule has 0 aliphatic heterocycles. The Morgan fingerprint density at radius 3 is 2.21 bits per heavy atom. The fourth-order valence-corrected chi connectivity index (χ4v) is 3.69. The van der Waals surface area contributed by atoms with Gasteiger partial charge in [0.15, 0.2) is 5.82 Å². The van der Waals surface area contributed by atoms with E-state index in [4.69, 9.17) is 0 Å². The van der Waals surface area contributed by atoms with Crippen LogP contribution in [0.1, 0.15) is 28.6 Å². The number of anilines is 1. The zero-order chi connectivity index (χ0) is 19.5. The van der Waals surface area contributed by atoms with E-state index in [1.165, 1.54) is 3.57 Å². The van der Waals surface area contributed by atoms with Crippen LogP contribution in [0.3, 0.4) is 0 Å². The average Bonchev–Trinajstić information content (AvgIpc) is 3.17. The molecule has 0 amide bonds. The molecule has 0 fully saturated rings. The van der Waals surface area contributed by atoms with E-state index < -0.39 is 0 Å². The molecule has 0 radical (unpaired) electrons. The molecule has 1 N–H and O–H groups in total. The summed E-state index contributed by atoms with van der Waals surface area (Å²) >= 11 is 2.31. The van der Waals surface area contributed by atoms with Gasteiger partial charge in [0.05, 0.1) is 5.69 Å². The summed E-state index contributed by atoms with van der Waals surface area (Å²) in [6.07, 6.45) is 0. The third kappa shape index (κ3) is 3.77. The van der Waals surface area contributed by atoms with Crippen molar-refractivity contribution in [1.29, 1.82) is 0 Å². The molecule has 4 rings (SSSR count). The second kappa shape index (κ2) is 8.10. The maximum Gasteiger partial charge on any atom is 0.183 e. The molecule has 4 aromatic rings. The van der Waals surface area contributed by atoms with Crippen molar-refractivity contribution in [3.63, 3.8) is 0 Å². The minimum atomic E-state index is -0.185. The number of benzene rings is 3. The summed E-state index contributed by atoms with van der Waals surface area (Å²) in [5.74, 6) is 0.752. The highest BCUT2D eigenvalue weighted by molar-refractivity contribution is 14.1. The average molecular weight is 481 g/mol. The van der Waals surface area contributed by atoms with Crippen LogP contribution < -0.4 is 5.32 Å². The van der Waals surface area contributed by atoms with Crippen LogP contribution in [0.15, 0.2) is 72.8 Å². The number of hydrogen-bond donors (Lipinski definition) is 1. The van der Waals surface area contributed by atoms with Crippen molar-refractivity contribution >= 4 is 28.3 Å². The predicted octanol–water partition coefficient (Wildman–Crippen LogP) is 5.09. The molecule has 28 heavy (non-hydrogen) atoms. The molecule has 6 heteroatoms. The van der Waals surface area contributed by atoms with Gasteiger partial charge in [0.25, 0.3) is 0 Å². The van der Waals surface area contributed by atoms with Crippen molar-refractivity contribution in [3.05, 3.63) is 98.9 Å². The first-order valence-corrected chi connectivity index (χ1v) is 10.1. The molecule has 1 aromatic heterocycles. The highest BCUT2D eigenvalue weighted by Crippen LogP contribution is 2.28. The molecule has 1 unspecified atom stereocenters. The lowest BCUT2D eigenvalue weighted by Gasteiger charge is -2.21. The van der Waals surface area contributed by atoms with Crippen LogP contribution in [-0.2, 0) is 0 Å². The fraction of sp³-hybridized carbons (Fsp3) is 0.136. The molecule has 0 bridgehead atoms. The molecular weight excluding hydrogens is 461 g/mol.